The third-order valence-corrected chi connectivity index (χ3v) is 2.26. The van der Waals surface area contributed by atoms with Crippen LogP contribution in [0.15, 0.2) is 18.2 Å². The van der Waals surface area contributed by atoms with Crippen molar-refractivity contribution in [3.63, 3.8) is 0 Å². The fraction of sp³-hybridized carbons (Fsp3) is 0.417. The van der Waals surface area contributed by atoms with E-state index in [2.05, 4.69) is 0 Å². The summed E-state index contributed by atoms with van der Waals surface area (Å²) in [6.07, 6.45) is 1.77. The maximum Gasteiger partial charge on any atom is 0.302 e. The Kier molecular flexibility index (Phi) is 4.16. The molecule has 0 saturated carbocycles. The molecule has 3 heteroatoms. The number of hydrogen-bond acceptors (Lipinski definition) is 3. The van der Waals surface area contributed by atoms with Gasteiger partial charge >= 0.3 is 5.97 Å². The maximum absolute atomic E-state index is 10.5. The molecule has 0 spiro atoms. The molecule has 0 aromatic heterocycles. The molecule has 0 aliphatic rings. The van der Waals surface area contributed by atoms with Crippen LogP contribution in [0.25, 0.3) is 0 Å². The highest BCUT2D eigenvalue weighted by Crippen LogP contribution is 2.14. The Balaban J connectivity index is 2.40. The number of ether oxygens (including phenoxy) is 1. The SMILES string of the molecule is CC(=O)OCCCc1ccc(N)cc1C. The smallest absolute Gasteiger partial charge is 0.302 e. The monoisotopic (exact) mass is 207 g/mol. The lowest BCUT2D eigenvalue weighted by molar-refractivity contribution is -0.141. The number of nitrogens with two attached hydrogens (primary N) is 1. The summed E-state index contributed by atoms with van der Waals surface area (Å²) in [6.45, 7) is 3.95. The van der Waals surface area contributed by atoms with Gasteiger partial charge < -0.3 is 10.5 Å². The van der Waals surface area contributed by atoms with Crippen LogP contribution >= 0.6 is 0 Å². The third kappa shape index (κ3) is 4.02. The Morgan fingerprint density at radius 1 is 1.47 bits per heavy atom. The van der Waals surface area contributed by atoms with Crippen LogP contribution in [-0.4, -0.2) is 12.6 Å². The van der Waals surface area contributed by atoms with Gasteiger partial charge in [0.2, 0.25) is 0 Å². The molecule has 82 valence electrons. The second-order valence-electron chi connectivity index (χ2n) is 3.63. The Morgan fingerprint density at radius 2 is 2.20 bits per heavy atom. The van der Waals surface area contributed by atoms with Crippen molar-refractivity contribution in [3.8, 4) is 0 Å². The molecule has 15 heavy (non-hydrogen) atoms. The fourth-order valence-corrected chi connectivity index (χ4v) is 1.48. The number of aryl methyl sites for hydroxylation is 2. The van der Waals surface area contributed by atoms with Gasteiger partial charge in [-0.1, -0.05) is 6.07 Å². The molecular weight excluding hydrogens is 190 g/mol. The lowest BCUT2D eigenvalue weighted by Gasteiger charge is -2.06. The molecule has 2 N–H and O–H groups in total. The summed E-state index contributed by atoms with van der Waals surface area (Å²) in [6, 6.07) is 5.88. The molecule has 1 aromatic carbocycles. The highest BCUT2D eigenvalue weighted by atomic mass is 16.5. The summed E-state index contributed by atoms with van der Waals surface area (Å²) in [5, 5.41) is 0. The van der Waals surface area contributed by atoms with E-state index in [0.29, 0.717) is 6.61 Å². The van der Waals surface area contributed by atoms with Crippen LogP contribution in [0.1, 0.15) is 24.5 Å². The third-order valence-electron chi connectivity index (χ3n) is 2.26. The first-order valence-electron chi connectivity index (χ1n) is 5.08. The van der Waals surface area contributed by atoms with Gasteiger partial charge in [0, 0.05) is 12.6 Å². The van der Waals surface area contributed by atoms with E-state index in [1.165, 1.54) is 18.1 Å². The van der Waals surface area contributed by atoms with Gasteiger partial charge in [-0.05, 0) is 43.0 Å². The zero-order chi connectivity index (χ0) is 11.3. The summed E-state index contributed by atoms with van der Waals surface area (Å²) < 4.78 is 4.86. The number of nitrogen functional groups attached to an aromatic ring is 1. The van der Waals surface area contributed by atoms with Crippen molar-refractivity contribution < 1.29 is 9.53 Å². The van der Waals surface area contributed by atoms with Gasteiger partial charge in [0.05, 0.1) is 6.61 Å². The van der Waals surface area contributed by atoms with Crippen molar-refractivity contribution in [2.24, 2.45) is 0 Å². The molecule has 0 unspecified atom stereocenters. The van der Waals surface area contributed by atoms with Crippen molar-refractivity contribution >= 4 is 11.7 Å². The van der Waals surface area contributed by atoms with E-state index in [1.807, 2.05) is 25.1 Å². The number of anilines is 1. The van der Waals surface area contributed by atoms with Crippen molar-refractivity contribution in [3.05, 3.63) is 29.3 Å². The van der Waals surface area contributed by atoms with Crippen LogP contribution < -0.4 is 5.73 Å². The topological polar surface area (TPSA) is 52.3 Å². The van der Waals surface area contributed by atoms with Crippen LogP contribution in [0.3, 0.4) is 0 Å². The van der Waals surface area contributed by atoms with E-state index in [-0.39, 0.29) is 5.97 Å². The van der Waals surface area contributed by atoms with E-state index < -0.39 is 0 Å². The average Bonchev–Trinajstić information content (AvgIpc) is 2.14. The minimum absolute atomic E-state index is 0.218. The summed E-state index contributed by atoms with van der Waals surface area (Å²) in [5.41, 5.74) is 8.89. The van der Waals surface area contributed by atoms with Crippen molar-refractivity contribution in [2.75, 3.05) is 12.3 Å². The molecule has 3 nitrogen and oxygen atoms in total. The van der Waals surface area contributed by atoms with Crippen LogP contribution in [0, 0.1) is 6.92 Å². The molecule has 0 heterocycles. The van der Waals surface area contributed by atoms with Crippen LogP contribution in [-0.2, 0) is 16.0 Å². The first-order chi connectivity index (χ1) is 7.09. The van der Waals surface area contributed by atoms with E-state index in [9.17, 15) is 4.79 Å². The van der Waals surface area contributed by atoms with Gasteiger partial charge in [-0.2, -0.15) is 0 Å². The zero-order valence-electron chi connectivity index (χ0n) is 9.25. The van der Waals surface area contributed by atoms with E-state index in [0.717, 1.165) is 18.5 Å². The number of carbonyl (C=O) groups is 1. The van der Waals surface area contributed by atoms with Crippen LogP contribution in [0.4, 0.5) is 5.69 Å². The van der Waals surface area contributed by atoms with Crippen molar-refractivity contribution in [1.82, 2.24) is 0 Å². The van der Waals surface area contributed by atoms with Crippen molar-refractivity contribution in [2.45, 2.75) is 26.7 Å². The summed E-state index contributed by atoms with van der Waals surface area (Å²) in [4.78, 5) is 10.5. The largest absolute Gasteiger partial charge is 0.466 e. The summed E-state index contributed by atoms with van der Waals surface area (Å²) in [7, 11) is 0. The molecule has 0 atom stereocenters. The van der Waals surface area contributed by atoms with E-state index in [4.69, 9.17) is 10.5 Å². The lowest BCUT2D eigenvalue weighted by atomic mass is 10.0. The average molecular weight is 207 g/mol. The molecule has 0 bridgehead atoms. The van der Waals surface area contributed by atoms with Crippen molar-refractivity contribution in [1.29, 1.82) is 0 Å². The molecule has 0 saturated heterocycles. The van der Waals surface area contributed by atoms with Gasteiger partial charge in [-0.15, -0.1) is 0 Å². The minimum Gasteiger partial charge on any atom is -0.466 e. The number of rotatable bonds is 4. The van der Waals surface area contributed by atoms with Crippen LogP contribution in [0.5, 0.6) is 0 Å². The molecule has 0 aliphatic carbocycles. The van der Waals surface area contributed by atoms with Gasteiger partial charge in [0.1, 0.15) is 0 Å². The van der Waals surface area contributed by atoms with Gasteiger partial charge in [0.25, 0.3) is 0 Å². The highest BCUT2D eigenvalue weighted by Gasteiger charge is 1.99. The lowest BCUT2D eigenvalue weighted by Crippen LogP contribution is -2.02. The molecular formula is C12H17NO2. The molecule has 0 aliphatic heterocycles. The quantitative estimate of drug-likeness (QED) is 0.467. The number of carbonyl (C=O) groups excluding carboxylic acids is 1. The Bertz CT molecular complexity index is 347. The molecule has 1 aromatic rings. The minimum atomic E-state index is -0.218. The van der Waals surface area contributed by atoms with E-state index >= 15 is 0 Å². The standard InChI is InChI=1S/C12H17NO2/c1-9-8-12(13)6-5-11(9)4-3-7-15-10(2)14/h5-6,8H,3-4,7,13H2,1-2H3. The fourth-order valence-electron chi connectivity index (χ4n) is 1.48. The number of hydrogen-bond donors (Lipinski definition) is 1. The second-order valence-corrected chi connectivity index (χ2v) is 3.63. The highest BCUT2D eigenvalue weighted by molar-refractivity contribution is 5.65. The Labute approximate surface area is 90.2 Å². The number of benzene rings is 1. The predicted molar refractivity (Wildman–Crippen MR) is 60.5 cm³/mol. The number of esters is 1. The van der Waals surface area contributed by atoms with Crippen LogP contribution in [0.2, 0.25) is 0 Å². The van der Waals surface area contributed by atoms with Gasteiger partial charge in [-0.3, -0.25) is 4.79 Å². The molecule has 0 amide bonds. The predicted octanol–water partition coefficient (Wildman–Crippen LogP) is 2.07. The second kappa shape index (κ2) is 5.39. The van der Waals surface area contributed by atoms with E-state index in [1.54, 1.807) is 0 Å². The first kappa shape index (κ1) is 11.6. The Morgan fingerprint density at radius 3 is 2.80 bits per heavy atom. The molecule has 1 rings (SSSR count). The summed E-state index contributed by atoms with van der Waals surface area (Å²) in [5.74, 6) is -0.218. The molecule has 0 radical (unpaired) electrons. The first-order valence-corrected chi connectivity index (χ1v) is 5.08. The summed E-state index contributed by atoms with van der Waals surface area (Å²) >= 11 is 0. The molecule has 0 fully saturated rings. The zero-order valence-corrected chi connectivity index (χ0v) is 9.25. The Hall–Kier alpha value is -1.51. The normalized spacial score (nSPS) is 10.0. The van der Waals surface area contributed by atoms with Gasteiger partial charge in [-0.25, -0.2) is 0 Å². The van der Waals surface area contributed by atoms with Gasteiger partial charge in [0.15, 0.2) is 0 Å². The maximum atomic E-state index is 10.5.